The SMILES string of the molecule is CC(=O)OC[C@]12[C@@H](OC(=O)c3ccccc3)[C@@H](OC(C)=O)[C@@H]3C[C@]1(OC3(C)C)[C@H](C)C[C@H](OC(=O)c1ccccc1)[C@@H]2OC(C)=O. The molecule has 2 aromatic rings. The van der Waals surface area contributed by atoms with E-state index in [1.165, 1.54) is 20.8 Å². The highest BCUT2D eigenvalue weighted by Gasteiger charge is 2.81. The molecule has 1 saturated heterocycles. The van der Waals surface area contributed by atoms with Gasteiger partial charge in [-0.2, -0.15) is 0 Å². The van der Waals surface area contributed by atoms with Crippen LogP contribution < -0.4 is 0 Å². The van der Waals surface area contributed by atoms with Gasteiger partial charge in [-0.25, -0.2) is 9.59 Å². The predicted octanol–water partition coefficient (Wildman–Crippen LogP) is 4.46. The van der Waals surface area contributed by atoms with Crippen LogP contribution in [0.3, 0.4) is 0 Å². The Morgan fingerprint density at radius 3 is 1.80 bits per heavy atom. The van der Waals surface area contributed by atoms with E-state index in [1.807, 2.05) is 20.8 Å². The molecular weight excluding hydrogens is 596 g/mol. The second-order valence-electron chi connectivity index (χ2n) is 13.0. The molecule has 0 unspecified atom stereocenters. The summed E-state index contributed by atoms with van der Waals surface area (Å²) in [6.07, 6.45) is -4.42. The summed E-state index contributed by atoms with van der Waals surface area (Å²) in [5.41, 5.74) is -3.38. The maximum atomic E-state index is 13.8. The third kappa shape index (κ3) is 5.77. The maximum absolute atomic E-state index is 13.8. The number of hydrogen-bond donors (Lipinski definition) is 0. The summed E-state index contributed by atoms with van der Waals surface area (Å²) >= 11 is 0. The molecule has 8 atom stereocenters. The first-order chi connectivity index (χ1) is 21.7. The molecule has 3 fully saturated rings. The molecule has 2 bridgehead atoms. The second-order valence-corrected chi connectivity index (χ2v) is 13.0. The van der Waals surface area contributed by atoms with Crippen LogP contribution in [0.4, 0.5) is 0 Å². The Labute approximate surface area is 267 Å². The zero-order chi connectivity index (χ0) is 33.4. The van der Waals surface area contributed by atoms with Crippen LogP contribution in [0.1, 0.15) is 75.1 Å². The van der Waals surface area contributed by atoms with E-state index in [9.17, 15) is 24.0 Å². The van der Waals surface area contributed by atoms with E-state index in [-0.39, 0.29) is 24.0 Å². The van der Waals surface area contributed by atoms with Crippen LogP contribution in [0, 0.1) is 17.3 Å². The van der Waals surface area contributed by atoms with Crippen molar-refractivity contribution in [2.45, 2.75) is 90.0 Å². The number of benzene rings is 2. The monoisotopic (exact) mass is 636 g/mol. The molecule has 11 heteroatoms. The summed E-state index contributed by atoms with van der Waals surface area (Å²) < 4.78 is 37.2. The minimum Gasteiger partial charge on any atom is -0.465 e. The summed E-state index contributed by atoms with van der Waals surface area (Å²) in [7, 11) is 0. The van der Waals surface area contributed by atoms with Gasteiger partial charge in [0, 0.05) is 26.7 Å². The van der Waals surface area contributed by atoms with E-state index in [4.69, 9.17) is 28.4 Å². The van der Waals surface area contributed by atoms with Crippen molar-refractivity contribution < 1.29 is 52.4 Å². The van der Waals surface area contributed by atoms with Gasteiger partial charge in [-0.15, -0.1) is 0 Å². The van der Waals surface area contributed by atoms with Crippen molar-refractivity contribution in [2.24, 2.45) is 17.3 Å². The van der Waals surface area contributed by atoms with Gasteiger partial charge in [0.1, 0.15) is 24.2 Å². The quantitative estimate of drug-likeness (QED) is 0.300. The summed E-state index contributed by atoms with van der Waals surface area (Å²) in [5, 5.41) is 0. The van der Waals surface area contributed by atoms with Gasteiger partial charge in [0.2, 0.25) is 0 Å². The van der Waals surface area contributed by atoms with E-state index >= 15 is 0 Å². The number of carbonyl (C=O) groups is 5. The van der Waals surface area contributed by atoms with Crippen LogP contribution in [0.15, 0.2) is 60.7 Å². The molecule has 0 radical (unpaired) electrons. The lowest BCUT2D eigenvalue weighted by Gasteiger charge is -2.62. The van der Waals surface area contributed by atoms with Gasteiger partial charge in [-0.1, -0.05) is 43.3 Å². The largest absolute Gasteiger partial charge is 0.465 e. The van der Waals surface area contributed by atoms with Gasteiger partial charge in [0.05, 0.1) is 22.3 Å². The zero-order valence-electron chi connectivity index (χ0n) is 26.8. The number of rotatable bonds is 8. The molecule has 3 aliphatic rings. The Balaban J connectivity index is 1.74. The highest BCUT2D eigenvalue weighted by Crippen LogP contribution is 2.68. The second kappa shape index (κ2) is 12.5. The molecule has 246 valence electrons. The number of esters is 5. The standard InChI is InChI=1S/C35H40O11/c1-20-17-27(44-31(39)24-13-9-7-10-14-24)29(43-23(4)38)34(19-41-21(2)36)30(45-32(40)25-15-11-8-12-16-25)28(42-22(3)37)26-18-35(20,34)46-33(26,5)6/h7-16,20,26-30H,17-19H2,1-6H3/t20-,26+,27+,28+,29+,30+,34+,35+/m1/s1. The highest BCUT2D eigenvalue weighted by molar-refractivity contribution is 5.90. The number of hydrogen-bond acceptors (Lipinski definition) is 11. The molecule has 1 aliphatic heterocycles. The van der Waals surface area contributed by atoms with Crippen LogP contribution in [-0.4, -0.2) is 72.1 Å². The van der Waals surface area contributed by atoms with Gasteiger partial charge < -0.3 is 28.4 Å². The molecule has 5 rings (SSSR count). The first-order valence-electron chi connectivity index (χ1n) is 15.4. The number of fused-ring (bicyclic) bond motifs is 1. The lowest BCUT2D eigenvalue weighted by Crippen LogP contribution is -2.77. The Hall–Kier alpha value is -4.25. The van der Waals surface area contributed by atoms with E-state index in [0.29, 0.717) is 0 Å². The summed E-state index contributed by atoms with van der Waals surface area (Å²) in [6.45, 7) is 8.85. The van der Waals surface area contributed by atoms with Gasteiger partial charge in [-0.05, 0) is 56.9 Å². The maximum Gasteiger partial charge on any atom is 0.338 e. The third-order valence-electron chi connectivity index (χ3n) is 9.70. The van der Waals surface area contributed by atoms with Gasteiger partial charge in [0.15, 0.2) is 12.2 Å². The Kier molecular flexibility index (Phi) is 9.01. The molecule has 2 aliphatic carbocycles. The minimum atomic E-state index is -1.70. The molecule has 1 heterocycles. The first kappa shape index (κ1) is 33.1. The van der Waals surface area contributed by atoms with Gasteiger partial charge >= 0.3 is 29.8 Å². The average Bonchev–Trinajstić information content (AvgIpc) is 3.27. The van der Waals surface area contributed by atoms with Crippen LogP contribution in [0.2, 0.25) is 0 Å². The summed E-state index contributed by atoms with van der Waals surface area (Å²) in [4.78, 5) is 65.4. The van der Waals surface area contributed by atoms with Crippen molar-refractivity contribution in [1.29, 1.82) is 0 Å². The van der Waals surface area contributed by atoms with Crippen molar-refractivity contribution in [3.8, 4) is 0 Å². The number of carbonyl (C=O) groups excluding carboxylic acids is 5. The van der Waals surface area contributed by atoms with E-state index in [0.717, 1.165) is 0 Å². The summed E-state index contributed by atoms with van der Waals surface area (Å²) in [5.74, 6) is -4.29. The summed E-state index contributed by atoms with van der Waals surface area (Å²) in [6, 6.07) is 16.6. The van der Waals surface area contributed by atoms with Crippen molar-refractivity contribution in [3.05, 3.63) is 71.8 Å². The average molecular weight is 637 g/mol. The highest BCUT2D eigenvalue weighted by atomic mass is 16.6. The van der Waals surface area contributed by atoms with E-state index < -0.39 is 89.3 Å². The Morgan fingerprint density at radius 1 is 0.739 bits per heavy atom. The fraction of sp³-hybridized carbons (Fsp3) is 0.514. The molecule has 11 nitrogen and oxygen atoms in total. The topological polar surface area (TPSA) is 141 Å². The fourth-order valence-electron chi connectivity index (χ4n) is 7.88. The van der Waals surface area contributed by atoms with Crippen LogP contribution in [0.5, 0.6) is 0 Å². The molecular formula is C35H40O11. The minimum absolute atomic E-state index is 0.207. The van der Waals surface area contributed by atoms with Crippen LogP contribution in [0.25, 0.3) is 0 Å². The molecule has 0 aromatic heterocycles. The van der Waals surface area contributed by atoms with Crippen molar-refractivity contribution in [2.75, 3.05) is 6.61 Å². The van der Waals surface area contributed by atoms with Crippen LogP contribution >= 0.6 is 0 Å². The van der Waals surface area contributed by atoms with E-state index in [1.54, 1.807) is 60.7 Å². The molecule has 1 spiro atoms. The number of ether oxygens (including phenoxy) is 6. The lowest BCUT2D eigenvalue weighted by molar-refractivity contribution is -0.306. The molecule has 0 amide bonds. The van der Waals surface area contributed by atoms with Gasteiger partial charge in [-0.3, -0.25) is 14.4 Å². The van der Waals surface area contributed by atoms with Crippen LogP contribution in [-0.2, 0) is 42.8 Å². The normalized spacial score (nSPS) is 32.3. The molecule has 2 saturated carbocycles. The fourth-order valence-corrected chi connectivity index (χ4v) is 7.88. The Bertz CT molecular complexity index is 1490. The molecule has 0 N–H and O–H groups in total. The lowest BCUT2D eigenvalue weighted by atomic mass is 9.48. The smallest absolute Gasteiger partial charge is 0.338 e. The third-order valence-corrected chi connectivity index (χ3v) is 9.70. The van der Waals surface area contributed by atoms with E-state index in [2.05, 4.69) is 0 Å². The van der Waals surface area contributed by atoms with Crippen molar-refractivity contribution in [3.63, 3.8) is 0 Å². The van der Waals surface area contributed by atoms with Crippen molar-refractivity contribution >= 4 is 29.8 Å². The Morgan fingerprint density at radius 2 is 1.28 bits per heavy atom. The van der Waals surface area contributed by atoms with Crippen molar-refractivity contribution in [1.82, 2.24) is 0 Å². The molecule has 2 aromatic carbocycles. The zero-order valence-corrected chi connectivity index (χ0v) is 26.8. The predicted molar refractivity (Wildman–Crippen MR) is 161 cm³/mol. The molecule has 46 heavy (non-hydrogen) atoms. The van der Waals surface area contributed by atoms with Gasteiger partial charge in [0.25, 0.3) is 0 Å². The first-order valence-corrected chi connectivity index (χ1v) is 15.4.